The van der Waals surface area contributed by atoms with Crippen molar-refractivity contribution >= 4 is 22.4 Å². The number of aromatic amines is 1. The van der Waals surface area contributed by atoms with Gasteiger partial charge in [0.15, 0.2) is 5.82 Å². The summed E-state index contributed by atoms with van der Waals surface area (Å²) in [5.74, 6) is 0.826. The van der Waals surface area contributed by atoms with E-state index in [-0.39, 0.29) is 0 Å². The molecule has 24 heavy (non-hydrogen) atoms. The van der Waals surface area contributed by atoms with Gasteiger partial charge < -0.3 is 5.32 Å². The Bertz CT molecular complexity index is 1020. The number of nitrogens with one attached hydrogen (secondary N) is 2. The molecule has 4 aromatic rings. The maximum Gasteiger partial charge on any atom is 0.160 e. The smallest absolute Gasteiger partial charge is 0.160 e. The number of aryl methyl sites for hydroxylation is 2. The molecule has 2 N–H and O–H groups in total. The number of benzene rings is 2. The summed E-state index contributed by atoms with van der Waals surface area (Å²) < 4.78 is 0. The van der Waals surface area contributed by atoms with Crippen LogP contribution in [0.2, 0.25) is 0 Å². The molecule has 2 aromatic heterocycles. The summed E-state index contributed by atoms with van der Waals surface area (Å²) in [6.07, 6.45) is 0. The molecule has 2 heterocycles. The molecule has 0 aliphatic heterocycles. The molecule has 0 unspecified atom stereocenters. The first-order valence-electron chi connectivity index (χ1n) is 7.95. The van der Waals surface area contributed by atoms with Crippen LogP contribution in [0.5, 0.6) is 0 Å². The van der Waals surface area contributed by atoms with Gasteiger partial charge in [0, 0.05) is 22.3 Å². The van der Waals surface area contributed by atoms with Crippen molar-refractivity contribution in [3.8, 4) is 11.3 Å². The number of hydrogen-bond donors (Lipinski definition) is 2. The Hall–Kier alpha value is -3.14. The monoisotopic (exact) mass is 314 g/mol. The summed E-state index contributed by atoms with van der Waals surface area (Å²) in [7, 11) is 0. The van der Waals surface area contributed by atoms with E-state index in [1.54, 1.807) is 0 Å². The van der Waals surface area contributed by atoms with Gasteiger partial charge in [-0.1, -0.05) is 36.4 Å². The SMILES string of the molecule is Cc1cc(Nc2n[nH]c3ccccc23)cc(-c2ccccc2C)n1. The minimum atomic E-state index is 0.826. The average Bonchev–Trinajstić information content (AvgIpc) is 2.98. The van der Waals surface area contributed by atoms with Gasteiger partial charge in [-0.25, -0.2) is 0 Å². The lowest BCUT2D eigenvalue weighted by Crippen LogP contribution is -1.96. The molecular weight excluding hydrogens is 296 g/mol. The van der Waals surface area contributed by atoms with E-state index in [0.717, 1.165) is 39.4 Å². The molecule has 118 valence electrons. The Kier molecular flexibility index (Phi) is 3.50. The molecule has 0 bridgehead atoms. The second kappa shape index (κ2) is 5.81. The van der Waals surface area contributed by atoms with Crippen molar-refractivity contribution in [2.75, 3.05) is 5.32 Å². The number of rotatable bonds is 3. The molecule has 0 amide bonds. The maximum atomic E-state index is 4.69. The fourth-order valence-electron chi connectivity index (χ4n) is 2.93. The molecule has 0 saturated carbocycles. The summed E-state index contributed by atoms with van der Waals surface area (Å²) in [6, 6.07) is 20.5. The third-order valence-electron chi connectivity index (χ3n) is 4.11. The second-order valence-corrected chi connectivity index (χ2v) is 5.94. The van der Waals surface area contributed by atoms with Crippen molar-refractivity contribution in [3.05, 3.63) is 71.9 Å². The normalized spacial score (nSPS) is 10.9. The van der Waals surface area contributed by atoms with Crippen LogP contribution >= 0.6 is 0 Å². The lowest BCUT2D eigenvalue weighted by atomic mass is 10.0. The van der Waals surface area contributed by atoms with Gasteiger partial charge >= 0.3 is 0 Å². The van der Waals surface area contributed by atoms with Gasteiger partial charge in [-0.2, -0.15) is 5.10 Å². The molecule has 0 aliphatic rings. The van der Waals surface area contributed by atoms with E-state index in [1.807, 2.05) is 43.3 Å². The zero-order valence-electron chi connectivity index (χ0n) is 13.7. The molecule has 4 nitrogen and oxygen atoms in total. The van der Waals surface area contributed by atoms with Crippen molar-refractivity contribution in [2.24, 2.45) is 0 Å². The number of anilines is 2. The Morgan fingerprint density at radius 2 is 1.71 bits per heavy atom. The molecule has 0 aliphatic carbocycles. The first-order chi connectivity index (χ1) is 11.7. The highest BCUT2D eigenvalue weighted by Crippen LogP contribution is 2.28. The number of nitrogens with zero attached hydrogens (tertiary/aromatic N) is 2. The molecule has 0 radical (unpaired) electrons. The topological polar surface area (TPSA) is 53.6 Å². The predicted molar refractivity (Wildman–Crippen MR) is 98.5 cm³/mol. The highest BCUT2D eigenvalue weighted by Gasteiger charge is 2.09. The quantitative estimate of drug-likeness (QED) is 0.560. The minimum Gasteiger partial charge on any atom is -0.338 e. The van der Waals surface area contributed by atoms with Crippen LogP contribution in [0.4, 0.5) is 11.5 Å². The second-order valence-electron chi connectivity index (χ2n) is 5.94. The minimum absolute atomic E-state index is 0.826. The van der Waals surface area contributed by atoms with Crippen LogP contribution < -0.4 is 5.32 Å². The van der Waals surface area contributed by atoms with Crippen molar-refractivity contribution in [2.45, 2.75) is 13.8 Å². The van der Waals surface area contributed by atoms with Crippen LogP contribution in [0.15, 0.2) is 60.7 Å². The van der Waals surface area contributed by atoms with Crippen LogP contribution in [-0.4, -0.2) is 15.2 Å². The lowest BCUT2D eigenvalue weighted by molar-refractivity contribution is 1.12. The van der Waals surface area contributed by atoms with Crippen molar-refractivity contribution < 1.29 is 0 Å². The van der Waals surface area contributed by atoms with E-state index < -0.39 is 0 Å². The van der Waals surface area contributed by atoms with Gasteiger partial charge in [0.05, 0.1) is 11.2 Å². The zero-order chi connectivity index (χ0) is 16.5. The summed E-state index contributed by atoms with van der Waals surface area (Å²) >= 11 is 0. The van der Waals surface area contributed by atoms with Crippen molar-refractivity contribution in [3.63, 3.8) is 0 Å². The maximum absolute atomic E-state index is 4.69. The van der Waals surface area contributed by atoms with Crippen LogP contribution in [0.3, 0.4) is 0 Å². The first kappa shape index (κ1) is 14.5. The molecule has 2 aromatic carbocycles. The summed E-state index contributed by atoms with van der Waals surface area (Å²) in [6.45, 7) is 4.11. The van der Waals surface area contributed by atoms with Crippen LogP contribution in [0.1, 0.15) is 11.3 Å². The number of aromatic nitrogens is 3. The highest BCUT2D eigenvalue weighted by atomic mass is 15.2. The van der Waals surface area contributed by atoms with Gasteiger partial charge in [0.2, 0.25) is 0 Å². The van der Waals surface area contributed by atoms with Crippen molar-refractivity contribution in [1.82, 2.24) is 15.2 Å². The molecule has 0 saturated heterocycles. The van der Waals surface area contributed by atoms with E-state index in [0.29, 0.717) is 0 Å². The third kappa shape index (κ3) is 2.63. The van der Waals surface area contributed by atoms with Crippen LogP contribution in [0, 0.1) is 13.8 Å². The fraction of sp³-hybridized carbons (Fsp3) is 0.100. The van der Waals surface area contributed by atoms with Crippen molar-refractivity contribution in [1.29, 1.82) is 0 Å². The Labute approximate surface area is 140 Å². The van der Waals surface area contributed by atoms with E-state index in [9.17, 15) is 0 Å². The largest absolute Gasteiger partial charge is 0.338 e. The summed E-state index contributed by atoms with van der Waals surface area (Å²) in [5, 5.41) is 11.9. The Morgan fingerprint density at radius 3 is 2.58 bits per heavy atom. The highest BCUT2D eigenvalue weighted by molar-refractivity contribution is 5.91. The number of hydrogen-bond acceptors (Lipinski definition) is 3. The summed E-state index contributed by atoms with van der Waals surface area (Å²) in [4.78, 5) is 4.69. The number of fused-ring (bicyclic) bond motifs is 1. The predicted octanol–water partition coefficient (Wildman–Crippen LogP) is 4.99. The van der Waals surface area contributed by atoms with Gasteiger partial charge in [-0.3, -0.25) is 10.1 Å². The molecule has 0 atom stereocenters. The Morgan fingerprint density at radius 1 is 0.917 bits per heavy atom. The Balaban J connectivity index is 1.75. The molecule has 0 fully saturated rings. The van der Waals surface area contributed by atoms with Gasteiger partial charge in [-0.15, -0.1) is 0 Å². The molecule has 4 heteroatoms. The average molecular weight is 314 g/mol. The lowest BCUT2D eigenvalue weighted by Gasteiger charge is -2.10. The van der Waals surface area contributed by atoms with Gasteiger partial charge in [0.25, 0.3) is 0 Å². The molecular formula is C20H18N4. The van der Waals surface area contributed by atoms with Crippen LogP contribution in [-0.2, 0) is 0 Å². The van der Waals surface area contributed by atoms with E-state index in [1.165, 1.54) is 5.56 Å². The standard InChI is InChI=1S/C20H18N4/c1-13-7-3-4-8-16(13)19-12-15(11-14(2)21-19)22-20-17-9-5-6-10-18(17)23-24-20/h3-12H,1-2H3,(H2,21,22,23,24). The van der Waals surface area contributed by atoms with Gasteiger partial charge in [-0.05, 0) is 43.7 Å². The molecule has 0 spiro atoms. The van der Waals surface area contributed by atoms with E-state index >= 15 is 0 Å². The number of para-hydroxylation sites is 1. The van der Waals surface area contributed by atoms with E-state index in [2.05, 4.69) is 51.7 Å². The summed E-state index contributed by atoms with van der Waals surface area (Å²) in [5.41, 5.74) is 6.30. The number of H-pyrrole nitrogens is 1. The molecule has 4 rings (SSSR count). The number of pyridine rings is 1. The van der Waals surface area contributed by atoms with Crippen LogP contribution in [0.25, 0.3) is 22.2 Å². The third-order valence-corrected chi connectivity index (χ3v) is 4.11. The van der Waals surface area contributed by atoms with Gasteiger partial charge in [0.1, 0.15) is 0 Å². The fourth-order valence-corrected chi connectivity index (χ4v) is 2.93. The first-order valence-corrected chi connectivity index (χ1v) is 7.95. The van der Waals surface area contributed by atoms with E-state index in [4.69, 9.17) is 0 Å². The zero-order valence-corrected chi connectivity index (χ0v) is 13.7.